The Bertz CT molecular complexity index is 1290. The summed E-state index contributed by atoms with van der Waals surface area (Å²) >= 11 is 0. The first-order chi connectivity index (χ1) is 15.9. The molecular weight excluding hydrogens is 414 g/mol. The van der Waals surface area contributed by atoms with Gasteiger partial charge in [-0.1, -0.05) is 54.6 Å². The van der Waals surface area contributed by atoms with Gasteiger partial charge in [0.25, 0.3) is 5.91 Å². The van der Waals surface area contributed by atoms with E-state index in [4.69, 9.17) is 11.1 Å². The first kappa shape index (κ1) is 20.4. The minimum atomic E-state index is -0.745. The minimum Gasteiger partial charge on any atom is -0.627 e. The van der Waals surface area contributed by atoms with E-state index in [-0.39, 0.29) is 24.3 Å². The SMILES string of the molecule is N=C(N)c1ccc2c(c1)[N+]([O-])(Cc1cccc3ccccc13)C(C(=O)N1CC3CC1CN3)C2. The molecule has 2 fully saturated rings. The van der Waals surface area contributed by atoms with Gasteiger partial charge in [0, 0.05) is 54.4 Å². The number of hydrogen-bond donors (Lipinski definition) is 3. The Hall–Kier alpha value is -3.26. The van der Waals surface area contributed by atoms with E-state index in [9.17, 15) is 10.0 Å². The predicted octanol–water partition coefficient (Wildman–Crippen LogP) is 2.63. The van der Waals surface area contributed by atoms with Gasteiger partial charge in [0.1, 0.15) is 18.1 Å². The van der Waals surface area contributed by atoms with Crippen molar-refractivity contribution in [3.63, 3.8) is 0 Å². The second-order valence-corrected chi connectivity index (χ2v) is 9.55. The highest BCUT2D eigenvalue weighted by Crippen LogP contribution is 2.43. The largest absolute Gasteiger partial charge is 0.627 e. The summed E-state index contributed by atoms with van der Waals surface area (Å²) in [6.45, 7) is 1.63. The summed E-state index contributed by atoms with van der Waals surface area (Å²) in [5, 5.41) is 28.2. The first-order valence-electron chi connectivity index (χ1n) is 11.5. The monoisotopic (exact) mass is 441 g/mol. The maximum Gasteiger partial charge on any atom is 0.282 e. The molecule has 4 unspecified atom stereocenters. The molecular formula is C26H27N5O2. The summed E-state index contributed by atoms with van der Waals surface area (Å²) in [5.41, 5.74) is 8.61. The molecule has 2 saturated heterocycles. The fraction of sp³-hybridized carbons (Fsp3) is 0.308. The molecule has 33 heavy (non-hydrogen) atoms. The molecule has 0 saturated carbocycles. The number of hydroxylamine groups is 2. The number of rotatable bonds is 4. The van der Waals surface area contributed by atoms with Crippen LogP contribution in [-0.2, 0) is 17.8 Å². The first-order valence-corrected chi connectivity index (χ1v) is 11.5. The number of amides is 1. The van der Waals surface area contributed by atoms with Crippen LogP contribution in [0.3, 0.4) is 0 Å². The average molecular weight is 442 g/mol. The molecule has 0 radical (unpaired) electrons. The van der Waals surface area contributed by atoms with Gasteiger partial charge in [-0.3, -0.25) is 10.2 Å². The second kappa shape index (κ2) is 7.38. The van der Waals surface area contributed by atoms with E-state index in [2.05, 4.69) is 5.32 Å². The zero-order valence-corrected chi connectivity index (χ0v) is 18.3. The van der Waals surface area contributed by atoms with Crippen molar-refractivity contribution in [3.8, 4) is 0 Å². The maximum absolute atomic E-state index is 14.8. The number of hydrogen-bond acceptors (Lipinski definition) is 4. The summed E-state index contributed by atoms with van der Waals surface area (Å²) in [5.74, 6) is -0.132. The number of amidine groups is 1. The highest BCUT2D eigenvalue weighted by atomic mass is 16.6. The van der Waals surface area contributed by atoms with Crippen LogP contribution in [0.2, 0.25) is 0 Å². The molecule has 3 aromatic carbocycles. The highest BCUT2D eigenvalue weighted by molar-refractivity contribution is 5.97. The number of carbonyl (C=O) groups is 1. The van der Waals surface area contributed by atoms with Crippen molar-refractivity contribution in [3.05, 3.63) is 82.6 Å². The fourth-order valence-electron chi connectivity index (χ4n) is 5.95. The van der Waals surface area contributed by atoms with Crippen LogP contribution in [-0.4, -0.2) is 47.9 Å². The number of nitrogens with zero attached hydrogens (tertiary/aromatic N) is 2. The minimum absolute atomic E-state index is 0.0557. The molecule has 6 rings (SSSR count). The third-order valence-corrected chi connectivity index (χ3v) is 7.63. The number of carbonyl (C=O) groups excluding carboxylic acids is 1. The predicted molar refractivity (Wildman–Crippen MR) is 130 cm³/mol. The van der Waals surface area contributed by atoms with E-state index in [0.717, 1.165) is 34.9 Å². The molecule has 3 aliphatic rings. The molecule has 0 aromatic heterocycles. The lowest BCUT2D eigenvalue weighted by Gasteiger charge is -2.45. The molecule has 1 amide bonds. The number of nitrogens with one attached hydrogen (secondary N) is 2. The molecule has 4 N–H and O–H groups in total. The molecule has 4 atom stereocenters. The summed E-state index contributed by atoms with van der Waals surface area (Å²) in [4.78, 5) is 15.7. The Kier molecular flexibility index (Phi) is 4.55. The van der Waals surface area contributed by atoms with Crippen LogP contribution >= 0.6 is 0 Å². The van der Waals surface area contributed by atoms with Gasteiger partial charge in [-0.05, 0) is 17.2 Å². The topological polar surface area (TPSA) is 105 Å². The van der Waals surface area contributed by atoms with Crippen molar-refractivity contribution in [2.45, 2.75) is 37.5 Å². The average Bonchev–Trinajstić information content (AvgIpc) is 3.52. The number of benzene rings is 3. The molecule has 3 aromatic rings. The zero-order valence-electron chi connectivity index (χ0n) is 18.3. The van der Waals surface area contributed by atoms with Gasteiger partial charge in [-0.15, -0.1) is 0 Å². The number of likely N-dealkylation sites (tertiary alicyclic amines) is 1. The molecule has 168 valence electrons. The summed E-state index contributed by atoms with van der Waals surface area (Å²) in [6.07, 6.45) is 1.37. The number of nitrogens with two attached hydrogens (primary N) is 1. The van der Waals surface area contributed by atoms with E-state index in [1.807, 2.05) is 53.4 Å². The van der Waals surface area contributed by atoms with Crippen LogP contribution in [0.5, 0.6) is 0 Å². The van der Waals surface area contributed by atoms with Crippen LogP contribution in [0.1, 0.15) is 23.1 Å². The molecule has 2 bridgehead atoms. The van der Waals surface area contributed by atoms with Gasteiger partial charge in [0.15, 0.2) is 6.04 Å². The Morgan fingerprint density at radius 3 is 2.76 bits per heavy atom. The Labute approximate surface area is 192 Å². The van der Waals surface area contributed by atoms with E-state index in [1.165, 1.54) is 0 Å². The second-order valence-electron chi connectivity index (χ2n) is 9.55. The van der Waals surface area contributed by atoms with E-state index >= 15 is 0 Å². The van der Waals surface area contributed by atoms with Crippen LogP contribution in [0, 0.1) is 10.6 Å². The third-order valence-electron chi connectivity index (χ3n) is 7.63. The lowest BCUT2D eigenvalue weighted by Crippen LogP contribution is -2.59. The molecule has 7 nitrogen and oxygen atoms in total. The molecule has 7 heteroatoms. The van der Waals surface area contributed by atoms with Crippen molar-refractivity contribution in [2.75, 3.05) is 13.1 Å². The molecule has 3 heterocycles. The zero-order chi connectivity index (χ0) is 22.7. The summed E-state index contributed by atoms with van der Waals surface area (Å²) in [6, 6.07) is 19.2. The van der Waals surface area contributed by atoms with Crippen molar-refractivity contribution >= 4 is 28.2 Å². The van der Waals surface area contributed by atoms with Gasteiger partial charge >= 0.3 is 0 Å². The van der Waals surface area contributed by atoms with Crippen molar-refractivity contribution in [1.82, 2.24) is 14.9 Å². The molecule has 3 aliphatic heterocycles. The summed E-state index contributed by atoms with van der Waals surface area (Å²) < 4.78 is -0.745. The standard InChI is InChI=1S/C26H27N5O2/c27-25(28)18-9-8-17-10-24(26(32)30-14-20-12-21(30)13-29-20)31(33,23(17)11-18)15-19-6-3-5-16-4-1-2-7-22(16)19/h1-9,11,20-21,24,29H,10,12-15H2,(H3,27,28). The Balaban J connectivity index is 1.45. The van der Waals surface area contributed by atoms with Gasteiger partial charge in [-0.2, -0.15) is 0 Å². The van der Waals surface area contributed by atoms with Crippen molar-refractivity contribution < 1.29 is 4.79 Å². The van der Waals surface area contributed by atoms with E-state index in [0.29, 0.717) is 30.3 Å². The van der Waals surface area contributed by atoms with Crippen LogP contribution in [0.25, 0.3) is 10.8 Å². The van der Waals surface area contributed by atoms with Gasteiger partial charge < -0.3 is 25.8 Å². The quantitative estimate of drug-likeness (QED) is 0.250. The Morgan fingerprint density at radius 1 is 1.18 bits per heavy atom. The van der Waals surface area contributed by atoms with Crippen molar-refractivity contribution in [2.24, 2.45) is 5.73 Å². The Morgan fingerprint density at radius 2 is 2.00 bits per heavy atom. The number of quaternary nitrogens is 1. The number of piperazine rings is 1. The van der Waals surface area contributed by atoms with Crippen LogP contribution < -0.4 is 15.7 Å². The highest BCUT2D eigenvalue weighted by Gasteiger charge is 2.50. The van der Waals surface area contributed by atoms with Gasteiger partial charge in [0.2, 0.25) is 0 Å². The smallest absolute Gasteiger partial charge is 0.282 e. The molecule has 0 aliphatic carbocycles. The van der Waals surface area contributed by atoms with Crippen molar-refractivity contribution in [1.29, 1.82) is 5.41 Å². The van der Waals surface area contributed by atoms with E-state index in [1.54, 1.807) is 12.1 Å². The fourth-order valence-corrected chi connectivity index (χ4v) is 5.95. The van der Waals surface area contributed by atoms with Gasteiger partial charge in [0.05, 0.1) is 0 Å². The lowest BCUT2D eigenvalue weighted by atomic mass is 10.0. The summed E-state index contributed by atoms with van der Waals surface area (Å²) in [7, 11) is 0. The third kappa shape index (κ3) is 3.15. The maximum atomic E-state index is 14.8. The van der Waals surface area contributed by atoms with Gasteiger partial charge in [-0.25, -0.2) is 0 Å². The van der Waals surface area contributed by atoms with Crippen LogP contribution in [0.4, 0.5) is 5.69 Å². The van der Waals surface area contributed by atoms with E-state index < -0.39 is 10.7 Å². The lowest BCUT2D eigenvalue weighted by molar-refractivity contribution is -0.136. The number of fused-ring (bicyclic) bond motifs is 4. The number of nitrogen functional groups attached to an aromatic ring is 1. The van der Waals surface area contributed by atoms with Crippen LogP contribution in [0.15, 0.2) is 60.7 Å². The molecule has 0 spiro atoms. The normalized spacial score (nSPS) is 27.8.